The predicted molar refractivity (Wildman–Crippen MR) is 56.1 cm³/mol. The van der Waals surface area contributed by atoms with Crippen LogP contribution in [-0.4, -0.2) is 11.8 Å². The summed E-state index contributed by atoms with van der Waals surface area (Å²) in [4.78, 5) is 12.2. The van der Waals surface area contributed by atoms with Crippen LogP contribution in [0.2, 0.25) is 0 Å². The van der Waals surface area contributed by atoms with Gasteiger partial charge in [-0.15, -0.1) is 11.3 Å². The van der Waals surface area contributed by atoms with Gasteiger partial charge >= 0.3 is 0 Å². The molecule has 0 bridgehead atoms. The molecule has 0 radical (unpaired) electrons. The van der Waals surface area contributed by atoms with E-state index in [-0.39, 0.29) is 5.78 Å². The first-order valence-electron chi connectivity index (χ1n) is 4.20. The van der Waals surface area contributed by atoms with Crippen LogP contribution in [0.1, 0.15) is 23.5 Å². The molecule has 0 aliphatic heterocycles. The summed E-state index contributed by atoms with van der Waals surface area (Å²) in [6.45, 7) is 4.06. The lowest BCUT2D eigenvalue weighted by atomic mass is 10.3. The standard InChI is InChI=1S/C10H13NOS/c1-8(2)11-6-5-9(12)10-4-3-7-13-10/h3-8,11H,1-2H3/b6-5-. The van der Waals surface area contributed by atoms with Crippen molar-refractivity contribution in [3.05, 3.63) is 34.7 Å². The van der Waals surface area contributed by atoms with Crippen molar-refractivity contribution in [1.29, 1.82) is 0 Å². The van der Waals surface area contributed by atoms with Gasteiger partial charge in [-0.3, -0.25) is 4.79 Å². The highest BCUT2D eigenvalue weighted by molar-refractivity contribution is 7.12. The summed E-state index contributed by atoms with van der Waals surface area (Å²) in [7, 11) is 0. The molecule has 1 rings (SSSR count). The van der Waals surface area contributed by atoms with E-state index in [1.54, 1.807) is 12.3 Å². The zero-order chi connectivity index (χ0) is 9.68. The van der Waals surface area contributed by atoms with Crippen LogP contribution in [0.4, 0.5) is 0 Å². The number of carbonyl (C=O) groups excluding carboxylic acids is 1. The summed E-state index contributed by atoms with van der Waals surface area (Å²) in [5.41, 5.74) is 0. The second-order valence-corrected chi connectivity index (χ2v) is 3.94. The van der Waals surface area contributed by atoms with E-state index in [0.717, 1.165) is 4.88 Å². The summed E-state index contributed by atoms with van der Waals surface area (Å²) >= 11 is 1.46. The lowest BCUT2D eigenvalue weighted by molar-refractivity contribution is 0.105. The molecule has 0 saturated carbocycles. The van der Waals surface area contributed by atoms with Crippen molar-refractivity contribution >= 4 is 17.1 Å². The largest absolute Gasteiger partial charge is 0.389 e. The van der Waals surface area contributed by atoms with E-state index in [1.807, 2.05) is 31.4 Å². The van der Waals surface area contributed by atoms with Crippen LogP contribution in [0.15, 0.2) is 29.8 Å². The molecule has 0 unspecified atom stereocenters. The third-order valence-corrected chi connectivity index (χ3v) is 2.31. The van der Waals surface area contributed by atoms with Crippen molar-refractivity contribution in [3.8, 4) is 0 Å². The van der Waals surface area contributed by atoms with Gasteiger partial charge in [0, 0.05) is 18.3 Å². The average molecular weight is 195 g/mol. The van der Waals surface area contributed by atoms with Crippen LogP contribution in [0.3, 0.4) is 0 Å². The lowest BCUT2D eigenvalue weighted by Gasteiger charge is -2.01. The maximum Gasteiger partial charge on any atom is 0.197 e. The molecular weight excluding hydrogens is 182 g/mol. The molecule has 0 aromatic carbocycles. The molecule has 1 N–H and O–H groups in total. The summed E-state index contributed by atoms with van der Waals surface area (Å²) in [6, 6.07) is 4.07. The summed E-state index contributed by atoms with van der Waals surface area (Å²) in [5, 5.41) is 4.94. The van der Waals surface area contributed by atoms with Gasteiger partial charge in [0.1, 0.15) is 0 Å². The fraction of sp³-hybridized carbons (Fsp3) is 0.300. The zero-order valence-electron chi connectivity index (χ0n) is 7.78. The van der Waals surface area contributed by atoms with E-state index in [1.165, 1.54) is 11.3 Å². The fourth-order valence-electron chi connectivity index (χ4n) is 0.817. The van der Waals surface area contributed by atoms with Crippen molar-refractivity contribution in [1.82, 2.24) is 5.32 Å². The van der Waals surface area contributed by atoms with Gasteiger partial charge in [-0.2, -0.15) is 0 Å². The molecular formula is C10H13NOS. The highest BCUT2D eigenvalue weighted by Crippen LogP contribution is 2.09. The van der Waals surface area contributed by atoms with E-state index in [0.29, 0.717) is 6.04 Å². The molecule has 0 aliphatic rings. The minimum atomic E-state index is 0.0585. The normalized spacial score (nSPS) is 11.0. The van der Waals surface area contributed by atoms with Crippen molar-refractivity contribution in [3.63, 3.8) is 0 Å². The topological polar surface area (TPSA) is 29.1 Å². The Morgan fingerprint density at radius 3 is 2.92 bits per heavy atom. The van der Waals surface area contributed by atoms with Crippen LogP contribution in [-0.2, 0) is 0 Å². The third kappa shape index (κ3) is 3.42. The number of thiophene rings is 1. The molecule has 1 heterocycles. The van der Waals surface area contributed by atoms with Gasteiger partial charge in [0.25, 0.3) is 0 Å². The predicted octanol–water partition coefficient (Wildman–Crippen LogP) is 2.44. The SMILES string of the molecule is CC(C)N/C=C\C(=O)c1cccs1. The highest BCUT2D eigenvalue weighted by atomic mass is 32.1. The van der Waals surface area contributed by atoms with Gasteiger partial charge in [0.15, 0.2) is 5.78 Å². The molecule has 0 saturated heterocycles. The van der Waals surface area contributed by atoms with Crippen LogP contribution >= 0.6 is 11.3 Å². The molecule has 0 amide bonds. The number of ketones is 1. The number of carbonyl (C=O) groups is 1. The monoisotopic (exact) mass is 195 g/mol. The van der Waals surface area contributed by atoms with Crippen LogP contribution in [0, 0.1) is 0 Å². The second kappa shape index (κ2) is 4.82. The molecule has 3 heteroatoms. The maximum atomic E-state index is 11.4. The van der Waals surface area contributed by atoms with Crippen molar-refractivity contribution in [2.75, 3.05) is 0 Å². The van der Waals surface area contributed by atoms with Crippen molar-refractivity contribution in [2.24, 2.45) is 0 Å². The molecule has 1 aromatic rings. The van der Waals surface area contributed by atoms with Gasteiger partial charge in [-0.25, -0.2) is 0 Å². The molecule has 13 heavy (non-hydrogen) atoms. The fourth-order valence-corrected chi connectivity index (χ4v) is 1.46. The smallest absolute Gasteiger partial charge is 0.197 e. The molecule has 0 spiro atoms. The minimum Gasteiger partial charge on any atom is -0.389 e. The first-order valence-corrected chi connectivity index (χ1v) is 5.08. The quantitative estimate of drug-likeness (QED) is 0.590. The Labute approximate surface area is 82.3 Å². The van der Waals surface area contributed by atoms with E-state index >= 15 is 0 Å². The Morgan fingerprint density at radius 1 is 1.62 bits per heavy atom. The van der Waals surface area contributed by atoms with E-state index in [9.17, 15) is 4.79 Å². The van der Waals surface area contributed by atoms with Gasteiger partial charge in [-0.05, 0) is 25.3 Å². The van der Waals surface area contributed by atoms with Crippen LogP contribution in [0.25, 0.3) is 0 Å². The van der Waals surface area contributed by atoms with Gasteiger partial charge < -0.3 is 5.32 Å². The maximum absolute atomic E-state index is 11.4. The average Bonchev–Trinajstić information content (AvgIpc) is 2.55. The Bertz CT molecular complexity index is 288. The zero-order valence-corrected chi connectivity index (χ0v) is 8.60. The first-order chi connectivity index (χ1) is 6.20. The molecule has 2 nitrogen and oxygen atoms in total. The minimum absolute atomic E-state index is 0.0585. The Hall–Kier alpha value is -1.09. The summed E-state index contributed by atoms with van der Waals surface area (Å²) in [5.74, 6) is 0.0585. The lowest BCUT2D eigenvalue weighted by Crippen LogP contribution is -2.15. The van der Waals surface area contributed by atoms with Gasteiger partial charge in [0.05, 0.1) is 4.88 Å². The third-order valence-electron chi connectivity index (χ3n) is 1.43. The molecule has 0 fully saturated rings. The van der Waals surface area contributed by atoms with Crippen molar-refractivity contribution in [2.45, 2.75) is 19.9 Å². The number of hydrogen-bond acceptors (Lipinski definition) is 3. The molecule has 0 aliphatic carbocycles. The molecule has 70 valence electrons. The highest BCUT2D eigenvalue weighted by Gasteiger charge is 2.00. The number of rotatable bonds is 4. The Morgan fingerprint density at radius 2 is 2.38 bits per heavy atom. The van der Waals surface area contributed by atoms with Gasteiger partial charge in [-0.1, -0.05) is 6.07 Å². The molecule has 0 atom stereocenters. The molecule has 1 aromatic heterocycles. The van der Waals surface area contributed by atoms with Crippen LogP contribution < -0.4 is 5.32 Å². The van der Waals surface area contributed by atoms with E-state index in [2.05, 4.69) is 5.32 Å². The Kier molecular flexibility index (Phi) is 3.71. The van der Waals surface area contributed by atoms with E-state index < -0.39 is 0 Å². The van der Waals surface area contributed by atoms with E-state index in [4.69, 9.17) is 0 Å². The first kappa shape index (κ1) is 9.99. The Balaban J connectivity index is 2.47. The number of nitrogens with one attached hydrogen (secondary N) is 1. The summed E-state index contributed by atoms with van der Waals surface area (Å²) < 4.78 is 0. The summed E-state index contributed by atoms with van der Waals surface area (Å²) in [6.07, 6.45) is 3.26. The number of allylic oxidation sites excluding steroid dienone is 1. The van der Waals surface area contributed by atoms with Gasteiger partial charge in [0.2, 0.25) is 0 Å². The van der Waals surface area contributed by atoms with Crippen LogP contribution in [0.5, 0.6) is 0 Å². The van der Waals surface area contributed by atoms with Crippen molar-refractivity contribution < 1.29 is 4.79 Å². The number of hydrogen-bond donors (Lipinski definition) is 1. The second-order valence-electron chi connectivity index (χ2n) is 3.00.